The van der Waals surface area contributed by atoms with Crippen LogP contribution in [0.4, 0.5) is 11.5 Å². The Morgan fingerprint density at radius 3 is 2.85 bits per heavy atom. The summed E-state index contributed by atoms with van der Waals surface area (Å²) in [5.74, 6) is 1.74. The Balaban J connectivity index is 1.38. The van der Waals surface area contributed by atoms with Crippen molar-refractivity contribution < 1.29 is 4.79 Å². The maximum absolute atomic E-state index is 12.1. The molecule has 3 aromatic rings. The van der Waals surface area contributed by atoms with Crippen LogP contribution >= 0.6 is 0 Å². The fraction of sp³-hybridized carbons (Fsp3) is 0.286. The number of carbonyl (C=O) groups is 1. The average Bonchev–Trinajstić information content (AvgIpc) is 3.11. The minimum Gasteiger partial charge on any atom is -0.350 e. The molecule has 0 radical (unpaired) electrons. The van der Waals surface area contributed by atoms with E-state index in [0.29, 0.717) is 6.54 Å². The van der Waals surface area contributed by atoms with Crippen LogP contribution in [-0.2, 0) is 24.3 Å². The third-order valence-electron chi connectivity index (χ3n) is 4.92. The molecule has 0 fully saturated rings. The van der Waals surface area contributed by atoms with Gasteiger partial charge in [0.2, 0.25) is 5.91 Å². The number of nitrogens with one attached hydrogen (secondary N) is 1. The molecule has 1 aliphatic rings. The largest absolute Gasteiger partial charge is 0.350 e. The number of nitrogens with zero attached hydrogens (tertiary/aromatic N) is 4. The lowest BCUT2D eigenvalue weighted by Crippen LogP contribution is -2.27. The van der Waals surface area contributed by atoms with Crippen molar-refractivity contribution in [2.75, 3.05) is 11.4 Å². The summed E-state index contributed by atoms with van der Waals surface area (Å²) in [6.45, 7) is 3.61. The standard InChI is InChI=1S/C21H23N5O/c1-16-22-10-12-25(16)15-21(27)24-14-17-8-9-20(23-13-17)26-11-4-6-18-5-2-3-7-19(18)26/h2-3,5,7-10,12-13H,4,6,11,14-15H2,1H3,(H,24,27). The number of aromatic nitrogens is 3. The van der Waals surface area contributed by atoms with E-state index in [1.54, 1.807) is 6.20 Å². The highest BCUT2D eigenvalue weighted by atomic mass is 16.1. The topological polar surface area (TPSA) is 63.1 Å². The van der Waals surface area contributed by atoms with Gasteiger partial charge in [0.1, 0.15) is 18.2 Å². The van der Waals surface area contributed by atoms with E-state index in [1.807, 2.05) is 36.0 Å². The predicted octanol–water partition coefficient (Wildman–Crippen LogP) is 2.99. The molecule has 0 bridgehead atoms. The number of pyridine rings is 1. The number of imidazole rings is 1. The van der Waals surface area contributed by atoms with Gasteiger partial charge in [0, 0.05) is 37.4 Å². The second kappa shape index (κ2) is 7.61. The molecule has 1 amide bonds. The van der Waals surface area contributed by atoms with Gasteiger partial charge in [-0.05, 0) is 43.0 Å². The fourth-order valence-electron chi connectivity index (χ4n) is 3.43. The third-order valence-corrected chi connectivity index (χ3v) is 4.92. The number of para-hydroxylation sites is 1. The van der Waals surface area contributed by atoms with Gasteiger partial charge in [-0.1, -0.05) is 24.3 Å². The highest BCUT2D eigenvalue weighted by Crippen LogP contribution is 2.31. The van der Waals surface area contributed by atoms with E-state index in [9.17, 15) is 4.79 Å². The summed E-state index contributed by atoms with van der Waals surface area (Å²) >= 11 is 0. The van der Waals surface area contributed by atoms with Gasteiger partial charge >= 0.3 is 0 Å². The van der Waals surface area contributed by atoms with Crippen LogP contribution in [0.3, 0.4) is 0 Å². The van der Waals surface area contributed by atoms with E-state index in [0.717, 1.165) is 36.6 Å². The van der Waals surface area contributed by atoms with Crippen LogP contribution in [0.15, 0.2) is 55.0 Å². The van der Waals surface area contributed by atoms with E-state index in [2.05, 4.69) is 44.5 Å². The molecule has 138 valence electrons. The molecule has 27 heavy (non-hydrogen) atoms. The maximum Gasteiger partial charge on any atom is 0.240 e. The fourth-order valence-corrected chi connectivity index (χ4v) is 3.43. The molecule has 0 unspecified atom stereocenters. The molecule has 2 aromatic heterocycles. The Hall–Kier alpha value is -3.15. The number of anilines is 2. The Labute approximate surface area is 158 Å². The third kappa shape index (κ3) is 3.84. The number of fused-ring (bicyclic) bond motifs is 1. The molecule has 6 heteroatoms. The van der Waals surface area contributed by atoms with Crippen LogP contribution < -0.4 is 10.2 Å². The van der Waals surface area contributed by atoms with Gasteiger partial charge in [-0.25, -0.2) is 9.97 Å². The van der Waals surface area contributed by atoms with Crippen LogP contribution in [0.2, 0.25) is 0 Å². The quantitative estimate of drug-likeness (QED) is 0.759. The van der Waals surface area contributed by atoms with Crippen molar-refractivity contribution in [3.05, 3.63) is 71.9 Å². The van der Waals surface area contributed by atoms with Crippen molar-refractivity contribution in [1.29, 1.82) is 0 Å². The smallest absolute Gasteiger partial charge is 0.240 e. The second-order valence-electron chi connectivity index (χ2n) is 6.79. The van der Waals surface area contributed by atoms with Gasteiger partial charge in [-0.3, -0.25) is 4.79 Å². The summed E-state index contributed by atoms with van der Waals surface area (Å²) in [4.78, 5) is 23.1. The van der Waals surface area contributed by atoms with E-state index in [1.165, 1.54) is 11.3 Å². The lowest BCUT2D eigenvalue weighted by Gasteiger charge is -2.30. The summed E-state index contributed by atoms with van der Waals surface area (Å²) in [7, 11) is 0. The molecule has 0 aliphatic carbocycles. The van der Waals surface area contributed by atoms with Crippen LogP contribution in [0.1, 0.15) is 23.4 Å². The molecule has 1 aliphatic heterocycles. The monoisotopic (exact) mass is 361 g/mol. The zero-order valence-corrected chi connectivity index (χ0v) is 15.4. The van der Waals surface area contributed by atoms with Crippen molar-refractivity contribution in [2.24, 2.45) is 0 Å². The first-order chi connectivity index (χ1) is 13.2. The first-order valence-electron chi connectivity index (χ1n) is 9.25. The molecule has 1 N–H and O–H groups in total. The highest BCUT2D eigenvalue weighted by molar-refractivity contribution is 5.75. The van der Waals surface area contributed by atoms with Crippen LogP contribution in [-0.4, -0.2) is 27.0 Å². The number of hydrogen-bond acceptors (Lipinski definition) is 4. The summed E-state index contributed by atoms with van der Waals surface area (Å²) in [5.41, 5.74) is 3.60. The molecule has 1 aromatic carbocycles. The minimum atomic E-state index is -0.0369. The lowest BCUT2D eigenvalue weighted by atomic mass is 10.0. The first kappa shape index (κ1) is 17.3. The summed E-state index contributed by atoms with van der Waals surface area (Å²) in [5, 5.41) is 2.94. The molecule has 4 rings (SSSR count). The number of carbonyl (C=O) groups excluding carboxylic acids is 1. The number of rotatable bonds is 5. The molecule has 3 heterocycles. The van der Waals surface area contributed by atoms with E-state index in [4.69, 9.17) is 0 Å². The molecular formula is C21H23N5O. The van der Waals surface area contributed by atoms with E-state index >= 15 is 0 Å². The molecule has 0 saturated carbocycles. The zero-order chi connectivity index (χ0) is 18.6. The van der Waals surface area contributed by atoms with E-state index in [-0.39, 0.29) is 12.5 Å². The van der Waals surface area contributed by atoms with Crippen LogP contribution in [0.5, 0.6) is 0 Å². The summed E-state index contributed by atoms with van der Waals surface area (Å²) in [6, 6.07) is 12.6. The number of benzene rings is 1. The summed E-state index contributed by atoms with van der Waals surface area (Å²) < 4.78 is 1.82. The Morgan fingerprint density at radius 2 is 2.07 bits per heavy atom. The first-order valence-corrected chi connectivity index (χ1v) is 9.25. The van der Waals surface area contributed by atoms with Gasteiger partial charge in [0.25, 0.3) is 0 Å². The Kier molecular flexibility index (Phi) is 4.87. The normalized spacial score (nSPS) is 13.3. The lowest BCUT2D eigenvalue weighted by molar-refractivity contribution is -0.121. The molecule has 6 nitrogen and oxygen atoms in total. The van der Waals surface area contributed by atoms with Gasteiger partial charge in [0.05, 0.1) is 0 Å². The van der Waals surface area contributed by atoms with Gasteiger partial charge in [-0.2, -0.15) is 0 Å². The van der Waals surface area contributed by atoms with Crippen molar-refractivity contribution >= 4 is 17.4 Å². The van der Waals surface area contributed by atoms with Crippen molar-refractivity contribution in [1.82, 2.24) is 19.9 Å². The minimum absolute atomic E-state index is 0.0369. The average molecular weight is 361 g/mol. The van der Waals surface area contributed by atoms with Gasteiger partial charge in [-0.15, -0.1) is 0 Å². The van der Waals surface area contributed by atoms with Gasteiger partial charge in [0.15, 0.2) is 0 Å². The van der Waals surface area contributed by atoms with Crippen molar-refractivity contribution in [3.8, 4) is 0 Å². The summed E-state index contributed by atoms with van der Waals surface area (Å²) in [6.07, 6.45) is 7.60. The molecular weight excluding hydrogens is 338 g/mol. The SMILES string of the molecule is Cc1nccn1CC(=O)NCc1ccc(N2CCCc3ccccc32)nc1. The zero-order valence-electron chi connectivity index (χ0n) is 15.4. The molecule has 0 saturated heterocycles. The Morgan fingerprint density at radius 1 is 1.19 bits per heavy atom. The van der Waals surface area contributed by atoms with Gasteiger partial charge < -0.3 is 14.8 Å². The highest BCUT2D eigenvalue weighted by Gasteiger charge is 2.18. The predicted molar refractivity (Wildman–Crippen MR) is 105 cm³/mol. The number of hydrogen-bond donors (Lipinski definition) is 1. The van der Waals surface area contributed by atoms with Crippen LogP contribution in [0, 0.1) is 6.92 Å². The van der Waals surface area contributed by atoms with Crippen molar-refractivity contribution in [3.63, 3.8) is 0 Å². The number of aryl methyl sites for hydroxylation is 2. The maximum atomic E-state index is 12.1. The molecule has 0 atom stereocenters. The van der Waals surface area contributed by atoms with E-state index < -0.39 is 0 Å². The molecule has 0 spiro atoms. The Bertz CT molecular complexity index is 932. The van der Waals surface area contributed by atoms with Crippen LogP contribution in [0.25, 0.3) is 0 Å². The second-order valence-corrected chi connectivity index (χ2v) is 6.79. The van der Waals surface area contributed by atoms with Crippen molar-refractivity contribution in [2.45, 2.75) is 32.9 Å². The number of amides is 1.